The van der Waals surface area contributed by atoms with Crippen molar-refractivity contribution in [2.45, 2.75) is 38.5 Å². The van der Waals surface area contributed by atoms with Gasteiger partial charge in [0.15, 0.2) is 9.84 Å². The fourth-order valence-electron chi connectivity index (χ4n) is 2.20. The lowest BCUT2D eigenvalue weighted by Gasteiger charge is -2.34. The van der Waals surface area contributed by atoms with Crippen LogP contribution in [0.3, 0.4) is 0 Å². The van der Waals surface area contributed by atoms with Crippen LogP contribution in [0, 0.1) is 16.7 Å². The minimum Gasteiger partial charge on any atom is -0.286 e. The van der Waals surface area contributed by atoms with Crippen LogP contribution in [0.25, 0.3) is 0 Å². The van der Waals surface area contributed by atoms with Crippen LogP contribution in [0.2, 0.25) is 0 Å². The van der Waals surface area contributed by atoms with Crippen LogP contribution in [-0.4, -0.2) is 49.5 Å². The Labute approximate surface area is 121 Å². The van der Waals surface area contributed by atoms with Crippen molar-refractivity contribution in [3.63, 3.8) is 0 Å². The van der Waals surface area contributed by atoms with E-state index in [0.717, 1.165) is 38.1 Å². The molecule has 0 aliphatic carbocycles. The molecular formula is C13H24N2O2S2. The van der Waals surface area contributed by atoms with Gasteiger partial charge in [-0.15, -0.1) is 0 Å². The fourth-order valence-corrected chi connectivity index (χ4v) is 5.18. The van der Waals surface area contributed by atoms with Crippen LogP contribution >= 0.6 is 11.8 Å². The lowest BCUT2D eigenvalue weighted by Crippen LogP contribution is -2.47. The van der Waals surface area contributed by atoms with E-state index in [1.807, 2.05) is 13.8 Å². The van der Waals surface area contributed by atoms with Crippen molar-refractivity contribution in [2.75, 3.05) is 30.9 Å². The molecule has 0 aromatic rings. The van der Waals surface area contributed by atoms with E-state index in [4.69, 9.17) is 5.26 Å². The highest BCUT2D eigenvalue weighted by molar-refractivity contribution is 8.00. The van der Waals surface area contributed by atoms with Crippen LogP contribution in [0.4, 0.5) is 0 Å². The molecule has 1 rings (SSSR count). The van der Waals surface area contributed by atoms with Gasteiger partial charge in [0, 0.05) is 24.3 Å². The monoisotopic (exact) mass is 304 g/mol. The quantitative estimate of drug-likeness (QED) is 0.703. The molecule has 0 saturated carbocycles. The van der Waals surface area contributed by atoms with Gasteiger partial charge in [0.2, 0.25) is 0 Å². The number of unbranched alkanes of at least 4 members (excludes halogenated alkanes) is 1. The molecule has 1 fully saturated rings. The zero-order valence-electron chi connectivity index (χ0n) is 12.1. The molecule has 1 aliphatic rings. The second kappa shape index (κ2) is 6.96. The molecule has 0 radical (unpaired) electrons. The van der Waals surface area contributed by atoms with Crippen molar-refractivity contribution in [1.29, 1.82) is 5.26 Å². The van der Waals surface area contributed by atoms with Crippen LogP contribution in [0.5, 0.6) is 0 Å². The van der Waals surface area contributed by atoms with E-state index in [-0.39, 0.29) is 10.8 Å². The number of hydrogen-bond acceptors (Lipinski definition) is 5. The van der Waals surface area contributed by atoms with Crippen molar-refractivity contribution >= 4 is 21.6 Å². The third kappa shape index (κ3) is 5.72. The van der Waals surface area contributed by atoms with Crippen molar-refractivity contribution in [3.8, 4) is 6.07 Å². The summed E-state index contributed by atoms with van der Waals surface area (Å²) in [5.74, 6) is 1.69. The molecule has 19 heavy (non-hydrogen) atoms. The second-order valence-electron chi connectivity index (χ2n) is 5.85. The summed E-state index contributed by atoms with van der Waals surface area (Å²) in [5.41, 5.74) is -0.270. The third-order valence-electron chi connectivity index (χ3n) is 3.48. The molecule has 0 aromatic carbocycles. The SMILES string of the molecule is CC(C)(C#N)CCCCN1CCSCC1S(C)(=O)=O. The zero-order valence-corrected chi connectivity index (χ0v) is 13.7. The maximum Gasteiger partial charge on any atom is 0.164 e. The molecule has 1 heterocycles. The summed E-state index contributed by atoms with van der Waals surface area (Å²) in [4.78, 5) is 2.09. The van der Waals surface area contributed by atoms with Gasteiger partial charge in [-0.05, 0) is 33.2 Å². The van der Waals surface area contributed by atoms with Crippen LogP contribution in [-0.2, 0) is 9.84 Å². The molecule has 0 bridgehead atoms. The van der Waals surface area contributed by atoms with Gasteiger partial charge in [-0.25, -0.2) is 8.42 Å². The molecule has 1 unspecified atom stereocenters. The molecule has 1 saturated heterocycles. The van der Waals surface area contributed by atoms with Gasteiger partial charge in [-0.1, -0.05) is 6.42 Å². The summed E-state index contributed by atoms with van der Waals surface area (Å²) >= 11 is 1.72. The van der Waals surface area contributed by atoms with Gasteiger partial charge in [0.05, 0.1) is 11.5 Å². The Morgan fingerprint density at radius 1 is 1.42 bits per heavy atom. The number of rotatable bonds is 6. The van der Waals surface area contributed by atoms with Gasteiger partial charge < -0.3 is 0 Å². The highest BCUT2D eigenvalue weighted by Crippen LogP contribution is 2.24. The Morgan fingerprint density at radius 3 is 2.68 bits per heavy atom. The standard InChI is InChI=1S/C13H24N2O2S2/c1-13(2,11-14)6-4-5-7-15-8-9-18-10-12(15)19(3,16)17/h12H,4-10H2,1-3H3. The van der Waals surface area contributed by atoms with Crippen molar-refractivity contribution < 1.29 is 8.42 Å². The zero-order chi connectivity index (χ0) is 14.5. The van der Waals surface area contributed by atoms with E-state index in [9.17, 15) is 8.42 Å². The third-order valence-corrected chi connectivity index (χ3v) is 6.17. The van der Waals surface area contributed by atoms with Gasteiger partial charge in [-0.3, -0.25) is 4.90 Å². The molecule has 0 spiro atoms. The minimum atomic E-state index is -2.99. The topological polar surface area (TPSA) is 61.2 Å². The summed E-state index contributed by atoms with van der Waals surface area (Å²) in [5, 5.41) is 8.62. The number of sulfone groups is 1. The van der Waals surface area contributed by atoms with Crippen molar-refractivity contribution in [3.05, 3.63) is 0 Å². The van der Waals surface area contributed by atoms with Crippen molar-refractivity contribution in [1.82, 2.24) is 4.90 Å². The summed E-state index contributed by atoms with van der Waals surface area (Å²) in [7, 11) is -2.99. The first-order chi connectivity index (χ1) is 8.76. The molecule has 0 N–H and O–H groups in total. The molecule has 6 heteroatoms. The Hall–Kier alpha value is -0.250. The Kier molecular flexibility index (Phi) is 6.15. The number of nitrogens with zero attached hydrogens (tertiary/aromatic N) is 2. The average Bonchev–Trinajstić information content (AvgIpc) is 2.34. The highest BCUT2D eigenvalue weighted by atomic mass is 32.2. The van der Waals surface area contributed by atoms with Crippen LogP contribution in [0.1, 0.15) is 33.1 Å². The predicted octanol–water partition coefficient (Wildman–Crippen LogP) is 2.13. The van der Waals surface area contributed by atoms with Gasteiger partial charge in [-0.2, -0.15) is 17.0 Å². The average molecular weight is 304 g/mol. The molecule has 1 aliphatic heterocycles. The molecule has 1 atom stereocenters. The summed E-state index contributed by atoms with van der Waals surface area (Å²) in [6.07, 6.45) is 4.13. The van der Waals surface area contributed by atoms with Gasteiger partial charge in [0.25, 0.3) is 0 Å². The molecule has 110 valence electrons. The fraction of sp³-hybridized carbons (Fsp3) is 0.923. The predicted molar refractivity (Wildman–Crippen MR) is 80.8 cm³/mol. The van der Waals surface area contributed by atoms with Crippen LogP contribution < -0.4 is 0 Å². The van der Waals surface area contributed by atoms with Crippen LogP contribution in [0.15, 0.2) is 0 Å². The molecule has 4 nitrogen and oxygen atoms in total. The van der Waals surface area contributed by atoms with E-state index in [1.165, 1.54) is 6.26 Å². The summed E-state index contributed by atoms with van der Waals surface area (Å²) in [6, 6.07) is 2.30. The first-order valence-electron chi connectivity index (χ1n) is 6.68. The summed E-state index contributed by atoms with van der Waals surface area (Å²) in [6.45, 7) is 5.57. The Balaban J connectivity index is 2.41. The maximum absolute atomic E-state index is 11.7. The maximum atomic E-state index is 11.7. The van der Waals surface area contributed by atoms with E-state index in [2.05, 4.69) is 11.0 Å². The van der Waals surface area contributed by atoms with E-state index < -0.39 is 9.84 Å². The van der Waals surface area contributed by atoms with Crippen molar-refractivity contribution in [2.24, 2.45) is 5.41 Å². The van der Waals surface area contributed by atoms with E-state index in [1.54, 1.807) is 11.8 Å². The number of nitriles is 1. The minimum absolute atomic E-state index is 0.270. The highest BCUT2D eigenvalue weighted by Gasteiger charge is 2.30. The van der Waals surface area contributed by atoms with E-state index in [0.29, 0.717) is 5.75 Å². The molecular weight excluding hydrogens is 280 g/mol. The Morgan fingerprint density at radius 2 is 2.11 bits per heavy atom. The first kappa shape index (κ1) is 16.8. The smallest absolute Gasteiger partial charge is 0.164 e. The molecule has 0 aromatic heterocycles. The van der Waals surface area contributed by atoms with E-state index >= 15 is 0 Å². The first-order valence-corrected chi connectivity index (χ1v) is 9.79. The number of thioether (sulfide) groups is 1. The second-order valence-corrected chi connectivity index (χ2v) is 9.20. The van der Waals surface area contributed by atoms with Gasteiger partial charge >= 0.3 is 0 Å². The lowest BCUT2D eigenvalue weighted by molar-refractivity contribution is 0.259. The molecule has 0 amide bonds. The Bertz CT molecular complexity index is 426. The van der Waals surface area contributed by atoms with Gasteiger partial charge in [0.1, 0.15) is 5.37 Å². The normalized spacial score (nSPS) is 22.1. The summed E-state index contributed by atoms with van der Waals surface area (Å²) < 4.78 is 23.5. The largest absolute Gasteiger partial charge is 0.286 e. The number of hydrogen-bond donors (Lipinski definition) is 0. The lowest BCUT2D eigenvalue weighted by atomic mass is 9.89.